The summed E-state index contributed by atoms with van der Waals surface area (Å²) >= 11 is 0. The smallest absolute Gasteiger partial charge is 0.252 e. The van der Waals surface area contributed by atoms with Crippen LogP contribution in [0.2, 0.25) is 0 Å². The summed E-state index contributed by atoms with van der Waals surface area (Å²) < 4.78 is 7.86. The minimum Gasteiger partial charge on any atom is -0.368 e. The Morgan fingerprint density at radius 1 is 1.36 bits per heavy atom. The van der Waals surface area contributed by atoms with Crippen LogP contribution in [-0.4, -0.2) is 46.2 Å². The molecule has 3 atom stereocenters. The van der Waals surface area contributed by atoms with Gasteiger partial charge in [0, 0.05) is 50.5 Å². The lowest BCUT2D eigenvalue weighted by atomic mass is 9.97. The maximum Gasteiger partial charge on any atom is 0.252 e. The Labute approximate surface area is 148 Å². The van der Waals surface area contributed by atoms with Gasteiger partial charge >= 0.3 is 0 Å². The highest BCUT2D eigenvalue weighted by Crippen LogP contribution is 2.31. The summed E-state index contributed by atoms with van der Waals surface area (Å²) in [6.45, 7) is 5.22. The molecule has 0 N–H and O–H groups in total. The van der Waals surface area contributed by atoms with E-state index in [-0.39, 0.29) is 17.9 Å². The van der Waals surface area contributed by atoms with E-state index in [0.29, 0.717) is 12.5 Å². The van der Waals surface area contributed by atoms with Crippen molar-refractivity contribution >= 4 is 5.91 Å². The Bertz CT molecular complexity index is 728. The number of aryl methyl sites for hydroxylation is 1. The number of nitrogens with zero attached hydrogens (tertiary/aromatic N) is 3. The van der Waals surface area contributed by atoms with Gasteiger partial charge < -0.3 is 14.2 Å². The summed E-state index contributed by atoms with van der Waals surface area (Å²) in [6, 6.07) is 8.65. The normalized spacial score (nSPS) is 26.3. The van der Waals surface area contributed by atoms with Gasteiger partial charge in [-0.15, -0.1) is 0 Å². The van der Waals surface area contributed by atoms with Gasteiger partial charge in [-0.3, -0.25) is 4.79 Å². The number of imidazole rings is 1. The van der Waals surface area contributed by atoms with Crippen LogP contribution in [0, 0.1) is 12.8 Å². The average Bonchev–Trinajstić information content (AvgIpc) is 3.36. The largest absolute Gasteiger partial charge is 0.368 e. The number of aromatic nitrogens is 2. The van der Waals surface area contributed by atoms with Crippen LogP contribution in [0.4, 0.5) is 0 Å². The highest BCUT2D eigenvalue weighted by Gasteiger charge is 2.39. The topological polar surface area (TPSA) is 47.4 Å². The first-order valence-electron chi connectivity index (χ1n) is 9.13. The number of benzene rings is 1. The second kappa shape index (κ2) is 7.00. The molecule has 1 unspecified atom stereocenters. The molecule has 5 nitrogen and oxygen atoms in total. The predicted octanol–water partition coefficient (Wildman–Crippen LogP) is 2.61. The van der Waals surface area contributed by atoms with Crippen LogP contribution in [0.1, 0.15) is 29.9 Å². The van der Waals surface area contributed by atoms with Crippen molar-refractivity contribution in [2.24, 2.45) is 5.92 Å². The van der Waals surface area contributed by atoms with Crippen LogP contribution in [-0.2, 0) is 16.1 Å². The predicted molar refractivity (Wildman–Crippen MR) is 95.2 cm³/mol. The number of carbonyl (C=O) groups is 1. The Hall–Kier alpha value is -2.14. The van der Waals surface area contributed by atoms with Crippen LogP contribution in [0.25, 0.3) is 0 Å². The third-order valence-corrected chi connectivity index (χ3v) is 5.48. The molecule has 0 saturated carbocycles. The number of likely N-dealkylation sites (tertiary alicyclic amines) is 1. The lowest BCUT2D eigenvalue weighted by Crippen LogP contribution is -2.41. The number of ether oxygens (including phenoxy) is 1. The van der Waals surface area contributed by atoms with Crippen molar-refractivity contribution in [3.63, 3.8) is 0 Å². The first-order valence-corrected chi connectivity index (χ1v) is 9.13. The Kier molecular flexibility index (Phi) is 4.57. The zero-order valence-electron chi connectivity index (χ0n) is 14.7. The van der Waals surface area contributed by atoms with Gasteiger partial charge in [0.1, 0.15) is 6.10 Å². The van der Waals surface area contributed by atoms with E-state index in [1.165, 1.54) is 11.1 Å². The number of rotatable bonds is 4. The molecule has 1 aromatic carbocycles. The van der Waals surface area contributed by atoms with Crippen molar-refractivity contribution < 1.29 is 9.53 Å². The quantitative estimate of drug-likeness (QED) is 0.860. The van der Waals surface area contributed by atoms with E-state index in [1.54, 1.807) is 6.20 Å². The van der Waals surface area contributed by atoms with E-state index in [1.807, 2.05) is 22.0 Å². The molecule has 1 amide bonds. The standard InChI is InChI=1S/C20H25N3O2/c1-15-3-2-4-16(11-15)17-5-8-23(13-17)20(24)19-18(6-10-25-19)12-22-9-7-21-14-22/h2-4,7,9,11,14,17-19H,5-6,8,10,12-13H2,1H3/t17?,18-,19-/m1/s1. The third kappa shape index (κ3) is 3.47. The molecule has 5 heteroatoms. The fraction of sp³-hybridized carbons (Fsp3) is 0.500. The highest BCUT2D eigenvalue weighted by molar-refractivity contribution is 5.82. The van der Waals surface area contributed by atoms with E-state index in [0.717, 1.165) is 32.5 Å². The van der Waals surface area contributed by atoms with Crippen LogP contribution < -0.4 is 0 Å². The molecule has 0 spiro atoms. The summed E-state index contributed by atoms with van der Waals surface area (Å²) in [5.41, 5.74) is 2.62. The third-order valence-electron chi connectivity index (χ3n) is 5.48. The first-order chi connectivity index (χ1) is 12.2. The number of amides is 1. The van der Waals surface area contributed by atoms with E-state index in [4.69, 9.17) is 4.74 Å². The van der Waals surface area contributed by atoms with Gasteiger partial charge in [-0.1, -0.05) is 29.8 Å². The summed E-state index contributed by atoms with van der Waals surface area (Å²) in [5.74, 6) is 0.842. The average molecular weight is 339 g/mol. The van der Waals surface area contributed by atoms with E-state index < -0.39 is 0 Å². The fourth-order valence-electron chi connectivity index (χ4n) is 4.10. The van der Waals surface area contributed by atoms with E-state index in [9.17, 15) is 4.79 Å². The molecule has 0 radical (unpaired) electrons. The lowest BCUT2D eigenvalue weighted by Gasteiger charge is -2.24. The summed E-state index contributed by atoms with van der Waals surface area (Å²) in [4.78, 5) is 19.1. The molecular weight excluding hydrogens is 314 g/mol. The molecule has 2 aromatic rings. The zero-order valence-corrected chi connectivity index (χ0v) is 14.7. The van der Waals surface area contributed by atoms with Crippen molar-refractivity contribution in [2.75, 3.05) is 19.7 Å². The molecule has 2 saturated heterocycles. The van der Waals surface area contributed by atoms with Crippen molar-refractivity contribution in [3.05, 3.63) is 54.1 Å². The minimum atomic E-state index is -0.307. The molecule has 1 aromatic heterocycles. The summed E-state index contributed by atoms with van der Waals surface area (Å²) in [7, 11) is 0. The van der Waals surface area contributed by atoms with Gasteiger partial charge in [-0.25, -0.2) is 4.98 Å². The SMILES string of the molecule is Cc1cccc(C2CCN(C(=O)[C@@H]3OCC[C@@H]3Cn3ccnc3)C2)c1. The molecule has 2 aliphatic heterocycles. The van der Waals surface area contributed by atoms with Crippen molar-refractivity contribution in [2.45, 2.75) is 38.3 Å². The van der Waals surface area contributed by atoms with Crippen molar-refractivity contribution in [1.82, 2.24) is 14.5 Å². The molecule has 0 bridgehead atoms. The van der Waals surface area contributed by atoms with Gasteiger partial charge in [0.05, 0.1) is 6.33 Å². The monoisotopic (exact) mass is 339 g/mol. The summed E-state index contributed by atoms with van der Waals surface area (Å²) in [5, 5.41) is 0. The Balaban J connectivity index is 1.41. The van der Waals surface area contributed by atoms with E-state index in [2.05, 4.69) is 36.2 Å². The molecule has 132 valence electrons. The van der Waals surface area contributed by atoms with Gasteiger partial charge in [0.25, 0.3) is 5.91 Å². The maximum atomic E-state index is 13.0. The number of hydrogen-bond acceptors (Lipinski definition) is 3. The Morgan fingerprint density at radius 2 is 2.28 bits per heavy atom. The molecule has 4 rings (SSSR count). The summed E-state index contributed by atoms with van der Waals surface area (Å²) in [6.07, 6.45) is 7.20. The van der Waals surface area contributed by atoms with Gasteiger partial charge in [-0.2, -0.15) is 0 Å². The molecule has 2 aliphatic rings. The van der Waals surface area contributed by atoms with Crippen LogP contribution in [0.5, 0.6) is 0 Å². The first kappa shape index (κ1) is 16.3. The number of carbonyl (C=O) groups excluding carboxylic acids is 1. The fourth-order valence-corrected chi connectivity index (χ4v) is 4.10. The highest BCUT2D eigenvalue weighted by atomic mass is 16.5. The number of hydrogen-bond donors (Lipinski definition) is 0. The molecule has 2 fully saturated rings. The lowest BCUT2D eigenvalue weighted by molar-refractivity contribution is -0.141. The maximum absolute atomic E-state index is 13.0. The van der Waals surface area contributed by atoms with Crippen molar-refractivity contribution in [3.8, 4) is 0 Å². The van der Waals surface area contributed by atoms with Crippen LogP contribution >= 0.6 is 0 Å². The molecule has 0 aliphatic carbocycles. The molecule has 25 heavy (non-hydrogen) atoms. The van der Waals surface area contributed by atoms with Gasteiger partial charge in [0.15, 0.2) is 0 Å². The van der Waals surface area contributed by atoms with Crippen LogP contribution in [0.3, 0.4) is 0 Å². The second-order valence-electron chi connectivity index (χ2n) is 7.28. The van der Waals surface area contributed by atoms with Gasteiger partial charge in [0.2, 0.25) is 0 Å². The van der Waals surface area contributed by atoms with Crippen molar-refractivity contribution in [1.29, 1.82) is 0 Å². The van der Waals surface area contributed by atoms with Gasteiger partial charge in [-0.05, 0) is 25.3 Å². The zero-order chi connectivity index (χ0) is 17.2. The minimum absolute atomic E-state index is 0.165. The van der Waals surface area contributed by atoms with Crippen LogP contribution in [0.15, 0.2) is 43.0 Å². The molecule has 3 heterocycles. The molecular formula is C20H25N3O2. The Morgan fingerprint density at radius 3 is 3.08 bits per heavy atom. The second-order valence-corrected chi connectivity index (χ2v) is 7.28. The van der Waals surface area contributed by atoms with E-state index >= 15 is 0 Å².